The van der Waals surface area contributed by atoms with Crippen molar-refractivity contribution in [2.75, 3.05) is 39.1 Å². The Hall–Kier alpha value is -1.83. The number of hydrogen-bond donors (Lipinski definition) is 2. The van der Waals surface area contributed by atoms with Crippen LogP contribution in [0.3, 0.4) is 0 Å². The highest BCUT2D eigenvalue weighted by molar-refractivity contribution is 6.33. The van der Waals surface area contributed by atoms with E-state index in [-0.39, 0.29) is 11.9 Å². The number of nitrogens with two attached hydrogens (primary N) is 1. The summed E-state index contributed by atoms with van der Waals surface area (Å²) in [4.78, 5) is 19.8. The quantitative estimate of drug-likeness (QED) is 0.705. The molecule has 8 heteroatoms. The van der Waals surface area contributed by atoms with Crippen LogP contribution in [0.25, 0.3) is 5.65 Å². The highest BCUT2D eigenvalue weighted by Crippen LogP contribution is 2.25. The first-order valence-corrected chi connectivity index (χ1v) is 9.89. The minimum Gasteiger partial charge on any atom is -0.385 e. The van der Waals surface area contributed by atoms with Crippen molar-refractivity contribution in [3.63, 3.8) is 0 Å². The second-order valence-corrected chi connectivity index (χ2v) is 7.41. The molecule has 0 spiro atoms. The number of halogens is 1. The Morgan fingerprint density at radius 1 is 1.44 bits per heavy atom. The fourth-order valence-electron chi connectivity index (χ4n) is 3.52. The van der Waals surface area contributed by atoms with Crippen LogP contribution in [0.1, 0.15) is 42.2 Å². The molecule has 3 N–H and O–H groups in total. The standard InChI is InChI=1S/C19H28ClN5O2/c1-3-13-12-25-17(21)16(20)11-15(18(25)22-13)19(26)23-14-5-8-24(9-6-14)7-4-10-27-2/h11-12,14H,3-10,21H2,1-2H3,(H,23,26). The number of anilines is 1. The number of imidazole rings is 1. The Morgan fingerprint density at radius 2 is 2.19 bits per heavy atom. The third-order valence-electron chi connectivity index (χ3n) is 5.12. The molecule has 0 saturated carbocycles. The molecule has 2 aromatic rings. The van der Waals surface area contributed by atoms with Gasteiger partial charge in [-0.1, -0.05) is 18.5 Å². The van der Waals surface area contributed by atoms with Gasteiger partial charge in [-0.15, -0.1) is 0 Å². The van der Waals surface area contributed by atoms with Gasteiger partial charge in [-0.3, -0.25) is 9.20 Å². The molecule has 1 aliphatic rings. The number of nitrogens with one attached hydrogen (secondary N) is 1. The van der Waals surface area contributed by atoms with Crippen molar-refractivity contribution < 1.29 is 9.53 Å². The number of nitrogen functional groups attached to an aromatic ring is 1. The second kappa shape index (κ2) is 8.91. The molecule has 27 heavy (non-hydrogen) atoms. The van der Waals surface area contributed by atoms with E-state index in [2.05, 4.69) is 15.2 Å². The summed E-state index contributed by atoms with van der Waals surface area (Å²) in [6.45, 7) is 5.80. The van der Waals surface area contributed by atoms with Gasteiger partial charge in [0.25, 0.3) is 5.91 Å². The number of hydrogen-bond acceptors (Lipinski definition) is 5. The number of likely N-dealkylation sites (tertiary alicyclic amines) is 1. The number of methoxy groups -OCH3 is 1. The largest absolute Gasteiger partial charge is 0.385 e. The first-order chi connectivity index (χ1) is 13.0. The summed E-state index contributed by atoms with van der Waals surface area (Å²) in [5, 5.41) is 3.51. The number of piperidine rings is 1. The number of aromatic nitrogens is 2. The van der Waals surface area contributed by atoms with Gasteiger partial charge in [-0.2, -0.15) is 0 Å². The number of rotatable bonds is 7. The molecule has 1 aliphatic heterocycles. The van der Waals surface area contributed by atoms with Crippen LogP contribution >= 0.6 is 11.6 Å². The Bertz CT molecular complexity index is 799. The van der Waals surface area contributed by atoms with Gasteiger partial charge in [0.2, 0.25) is 0 Å². The molecule has 1 amide bonds. The Labute approximate surface area is 164 Å². The smallest absolute Gasteiger partial charge is 0.255 e. The summed E-state index contributed by atoms with van der Waals surface area (Å²) in [5.74, 6) is 0.257. The summed E-state index contributed by atoms with van der Waals surface area (Å²) in [6, 6.07) is 1.78. The molecule has 2 aromatic heterocycles. The van der Waals surface area contributed by atoms with Crippen molar-refractivity contribution in [3.8, 4) is 0 Å². The number of amides is 1. The lowest BCUT2D eigenvalue weighted by Gasteiger charge is -2.32. The number of fused-ring (bicyclic) bond motifs is 1. The maximum absolute atomic E-state index is 12.9. The average Bonchev–Trinajstić information content (AvgIpc) is 3.11. The predicted octanol–water partition coefficient (Wildman–Crippen LogP) is 2.36. The van der Waals surface area contributed by atoms with Crippen molar-refractivity contribution in [2.45, 2.75) is 38.6 Å². The molecule has 1 saturated heterocycles. The molecule has 0 atom stereocenters. The molecule has 7 nitrogen and oxygen atoms in total. The van der Waals surface area contributed by atoms with Gasteiger partial charge in [0.15, 0.2) is 5.65 Å². The van der Waals surface area contributed by atoms with E-state index in [1.165, 1.54) is 0 Å². The van der Waals surface area contributed by atoms with Gasteiger partial charge >= 0.3 is 0 Å². The zero-order chi connectivity index (χ0) is 19.4. The fraction of sp³-hybridized carbons (Fsp3) is 0.579. The number of pyridine rings is 1. The molecule has 0 aliphatic carbocycles. The summed E-state index contributed by atoms with van der Waals surface area (Å²) in [6.07, 6.45) is 5.51. The maximum atomic E-state index is 12.9. The third kappa shape index (κ3) is 4.54. The first kappa shape index (κ1) is 19.9. The summed E-state index contributed by atoms with van der Waals surface area (Å²) >= 11 is 6.24. The number of carbonyl (C=O) groups excluding carboxylic acids is 1. The van der Waals surface area contributed by atoms with E-state index >= 15 is 0 Å². The van der Waals surface area contributed by atoms with Crippen LogP contribution in [0.4, 0.5) is 5.82 Å². The molecule has 0 aromatic carbocycles. The highest BCUT2D eigenvalue weighted by atomic mass is 35.5. The predicted molar refractivity (Wildman–Crippen MR) is 107 cm³/mol. The van der Waals surface area contributed by atoms with Crippen LogP contribution in [0, 0.1) is 0 Å². The summed E-state index contributed by atoms with van der Waals surface area (Å²) in [7, 11) is 1.73. The minimum absolute atomic E-state index is 0.145. The molecular formula is C19H28ClN5O2. The molecule has 148 valence electrons. The van der Waals surface area contributed by atoms with E-state index in [0.29, 0.717) is 22.1 Å². The van der Waals surface area contributed by atoms with E-state index in [1.807, 2.05) is 13.1 Å². The van der Waals surface area contributed by atoms with Gasteiger partial charge in [-0.25, -0.2) is 4.98 Å². The lowest BCUT2D eigenvalue weighted by atomic mass is 10.0. The van der Waals surface area contributed by atoms with Gasteiger partial charge in [0, 0.05) is 45.6 Å². The lowest BCUT2D eigenvalue weighted by Crippen LogP contribution is -2.45. The maximum Gasteiger partial charge on any atom is 0.255 e. The number of carbonyl (C=O) groups is 1. The van der Waals surface area contributed by atoms with Crippen LogP contribution in [-0.4, -0.2) is 59.6 Å². The van der Waals surface area contributed by atoms with Crippen molar-refractivity contribution in [1.29, 1.82) is 0 Å². The average molecular weight is 394 g/mol. The Balaban J connectivity index is 1.67. The normalized spacial score (nSPS) is 16.1. The number of ether oxygens (including phenoxy) is 1. The van der Waals surface area contributed by atoms with E-state index in [0.717, 1.165) is 57.6 Å². The third-order valence-corrected chi connectivity index (χ3v) is 5.43. The van der Waals surface area contributed by atoms with Gasteiger partial charge in [0.05, 0.1) is 16.3 Å². The molecule has 3 heterocycles. The van der Waals surface area contributed by atoms with Crippen molar-refractivity contribution in [1.82, 2.24) is 19.6 Å². The Kier molecular flexibility index (Phi) is 6.57. The van der Waals surface area contributed by atoms with E-state index in [1.54, 1.807) is 17.6 Å². The fourth-order valence-corrected chi connectivity index (χ4v) is 3.72. The van der Waals surface area contributed by atoms with Crippen LogP contribution in [0.5, 0.6) is 0 Å². The van der Waals surface area contributed by atoms with Gasteiger partial charge in [-0.05, 0) is 31.7 Å². The van der Waals surface area contributed by atoms with Crippen molar-refractivity contribution in [3.05, 3.63) is 28.5 Å². The van der Waals surface area contributed by atoms with E-state index in [9.17, 15) is 4.79 Å². The zero-order valence-corrected chi connectivity index (χ0v) is 16.8. The zero-order valence-electron chi connectivity index (χ0n) is 16.0. The summed E-state index contributed by atoms with van der Waals surface area (Å²) < 4.78 is 6.81. The van der Waals surface area contributed by atoms with Crippen LogP contribution in [0.15, 0.2) is 12.3 Å². The topological polar surface area (TPSA) is 84.9 Å². The van der Waals surface area contributed by atoms with E-state index in [4.69, 9.17) is 22.1 Å². The monoisotopic (exact) mass is 393 g/mol. The molecule has 0 bridgehead atoms. The molecule has 1 fully saturated rings. The Morgan fingerprint density at radius 3 is 2.85 bits per heavy atom. The molecule has 0 radical (unpaired) electrons. The van der Waals surface area contributed by atoms with E-state index < -0.39 is 0 Å². The second-order valence-electron chi connectivity index (χ2n) is 7.01. The highest BCUT2D eigenvalue weighted by Gasteiger charge is 2.23. The van der Waals surface area contributed by atoms with Crippen LogP contribution in [-0.2, 0) is 11.2 Å². The minimum atomic E-state index is -0.145. The SMILES string of the molecule is CCc1cn2c(N)c(Cl)cc(C(=O)NC3CCN(CCCOC)CC3)c2n1. The number of aryl methyl sites for hydroxylation is 1. The molecule has 0 unspecified atom stereocenters. The van der Waals surface area contributed by atoms with Gasteiger partial charge in [0.1, 0.15) is 5.82 Å². The molecule has 3 rings (SSSR count). The number of nitrogens with zero attached hydrogens (tertiary/aromatic N) is 3. The van der Waals surface area contributed by atoms with Crippen LogP contribution < -0.4 is 11.1 Å². The van der Waals surface area contributed by atoms with Crippen molar-refractivity contribution in [2.24, 2.45) is 0 Å². The lowest BCUT2D eigenvalue weighted by molar-refractivity contribution is 0.0908. The van der Waals surface area contributed by atoms with Crippen molar-refractivity contribution >= 4 is 29.0 Å². The summed E-state index contributed by atoms with van der Waals surface area (Å²) in [5.41, 5.74) is 7.95. The van der Waals surface area contributed by atoms with Gasteiger partial charge < -0.3 is 20.7 Å². The first-order valence-electron chi connectivity index (χ1n) is 9.51. The molecular weight excluding hydrogens is 366 g/mol. The van der Waals surface area contributed by atoms with Crippen LogP contribution in [0.2, 0.25) is 5.02 Å².